The van der Waals surface area contributed by atoms with E-state index in [0.717, 1.165) is 6.07 Å². The van der Waals surface area contributed by atoms with Crippen molar-refractivity contribution in [2.45, 2.75) is 56.0 Å². The van der Waals surface area contributed by atoms with Crippen LogP contribution in [0.5, 0.6) is 6.01 Å². The van der Waals surface area contributed by atoms with Crippen LogP contribution in [0.15, 0.2) is 24.4 Å². The highest BCUT2D eigenvalue weighted by Crippen LogP contribution is 2.49. The number of anilines is 2. The summed E-state index contributed by atoms with van der Waals surface area (Å²) in [5.74, 6) is -1.45. The minimum atomic E-state index is -2.47. The summed E-state index contributed by atoms with van der Waals surface area (Å²) in [5, 5.41) is 0.249. The molecule has 4 aromatic rings. The summed E-state index contributed by atoms with van der Waals surface area (Å²) < 4.78 is 99.4. The molecule has 12 heteroatoms. The van der Waals surface area contributed by atoms with Gasteiger partial charge in [0.15, 0.2) is 17.5 Å². The molecule has 0 amide bonds. The zero-order valence-corrected chi connectivity index (χ0v) is 24.0. The highest BCUT2D eigenvalue weighted by molar-refractivity contribution is 6.04. The number of pyridine rings is 1. The van der Waals surface area contributed by atoms with E-state index >= 15 is 4.39 Å². The zero-order chi connectivity index (χ0) is 33.0. The zero-order valence-electron chi connectivity index (χ0n) is 26.0. The molecule has 0 radical (unpaired) electrons. The van der Waals surface area contributed by atoms with Gasteiger partial charge in [-0.2, -0.15) is 9.97 Å². The van der Waals surface area contributed by atoms with Gasteiger partial charge in [0.25, 0.3) is 0 Å². The van der Waals surface area contributed by atoms with Gasteiger partial charge in [-0.15, -0.1) is 6.42 Å². The van der Waals surface area contributed by atoms with Crippen molar-refractivity contribution in [1.82, 2.24) is 19.9 Å². The second-order valence-corrected chi connectivity index (χ2v) is 12.4. The number of benzene rings is 2. The maximum atomic E-state index is 16.8. The van der Waals surface area contributed by atoms with E-state index in [9.17, 15) is 17.6 Å². The third kappa shape index (κ3) is 4.30. The minimum absolute atomic E-state index is 0.00740. The summed E-state index contributed by atoms with van der Waals surface area (Å²) in [6, 6.07) is 2.61. The van der Waals surface area contributed by atoms with Crippen molar-refractivity contribution < 1.29 is 29.4 Å². The molecule has 3 saturated heterocycles. The summed E-state index contributed by atoms with van der Waals surface area (Å²) in [5.41, 5.74) is 3.81. The predicted molar refractivity (Wildman–Crippen MR) is 160 cm³/mol. The number of ether oxygens (including phenoxy) is 1. The molecule has 2 aromatic carbocycles. The molecule has 4 aliphatic rings. The number of hydrogen-bond acceptors (Lipinski definition) is 7. The number of terminal acetylenes is 1. The van der Waals surface area contributed by atoms with Crippen LogP contribution in [0.4, 0.5) is 33.5 Å². The number of aromatic nitrogens is 3. The van der Waals surface area contributed by atoms with Gasteiger partial charge in [-0.05, 0) is 55.8 Å². The Morgan fingerprint density at radius 1 is 1.13 bits per heavy atom. The van der Waals surface area contributed by atoms with E-state index < -0.39 is 59.5 Å². The van der Waals surface area contributed by atoms with Crippen LogP contribution in [0.2, 0.25) is 0 Å². The molecule has 8 rings (SSSR count). The summed E-state index contributed by atoms with van der Waals surface area (Å²) in [4.78, 5) is 16.6. The number of piperidine rings is 1. The lowest BCUT2D eigenvalue weighted by Gasteiger charge is -2.31. The van der Waals surface area contributed by atoms with Crippen molar-refractivity contribution in [3.05, 3.63) is 47.4 Å². The Hall–Kier alpha value is -4.24. The second-order valence-electron chi connectivity index (χ2n) is 12.4. The van der Waals surface area contributed by atoms with Crippen LogP contribution in [0.25, 0.3) is 32.9 Å². The Morgan fingerprint density at radius 3 is 2.80 bits per heavy atom. The molecule has 5 heterocycles. The average Bonchev–Trinajstić information content (AvgIpc) is 3.32. The third-order valence-electron chi connectivity index (χ3n) is 9.73. The standard InChI is InChI=1S/C33H29F5N6O/c1-2-19-24-16(10-23(35)25(19)36)9-18(39)11-21(24)28-27(38)29-22(13-40-28)31(44-8-3-5-20-26(37)30(20)44)42-32(41-29)45-15-33-6-4-7-43(33)14-17(34)12-33/h1,9-11,13,17,20,26,30H,3-8,12,14-15,39H2/t17-,20-,26-,30-,33+/m1/s1/i15D2. The molecule has 2 N–H and O–H groups in total. The number of hydrogen-bond donors (Lipinski definition) is 1. The number of alkyl halides is 2. The van der Waals surface area contributed by atoms with E-state index in [1.165, 1.54) is 18.3 Å². The molecule has 7 nitrogen and oxygen atoms in total. The molecule has 1 saturated carbocycles. The Labute approximate surface area is 258 Å². The van der Waals surface area contributed by atoms with Crippen LogP contribution < -0.4 is 15.4 Å². The molecule has 1 aliphatic carbocycles. The molecule has 0 unspecified atom stereocenters. The number of nitrogens with two attached hydrogens (primary N) is 1. The van der Waals surface area contributed by atoms with Gasteiger partial charge in [-0.1, -0.05) is 5.92 Å². The molecule has 3 aliphatic heterocycles. The highest BCUT2D eigenvalue weighted by atomic mass is 19.2. The first-order valence-electron chi connectivity index (χ1n) is 16.0. The van der Waals surface area contributed by atoms with Crippen LogP contribution in [-0.2, 0) is 0 Å². The SMILES string of the molecule is [2H]C([2H])(Oc1nc(N2CCC[C@@H]3[C@@H](F)[C@@H]32)c2cnc(-c3cc(N)cc4cc(F)c(F)c(C#C)c34)c(F)c2n1)[C@@]12CCCN1C[C@H](F)C2. The fraction of sp³-hybridized carbons (Fsp3) is 0.424. The van der Waals surface area contributed by atoms with E-state index in [0.29, 0.717) is 38.8 Å². The quantitative estimate of drug-likeness (QED) is 0.173. The normalized spacial score (nSPS) is 28.5. The largest absolute Gasteiger partial charge is 0.461 e. The van der Waals surface area contributed by atoms with Gasteiger partial charge in [0, 0.05) is 48.3 Å². The summed E-state index contributed by atoms with van der Waals surface area (Å²) in [6.45, 7) is -1.49. The predicted octanol–water partition coefficient (Wildman–Crippen LogP) is 5.72. The first kappa shape index (κ1) is 26.0. The molecular formula is C33H29F5N6O. The van der Waals surface area contributed by atoms with Gasteiger partial charge >= 0.3 is 6.01 Å². The van der Waals surface area contributed by atoms with Crippen LogP contribution in [-0.4, -0.2) is 70.0 Å². The van der Waals surface area contributed by atoms with Gasteiger partial charge in [0.1, 0.15) is 35.9 Å². The molecule has 5 atom stereocenters. The monoisotopic (exact) mass is 622 g/mol. The third-order valence-corrected chi connectivity index (χ3v) is 9.73. The maximum absolute atomic E-state index is 16.8. The molecule has 0 spiro atoms. The molecular weight excluding hydrogens is 591 g/mol. The van der Waals surface area contributed by atoms with E-state index in [4.69, 9.17) is 19.6 Å². The lowest BCUT2D eigenvalue weighted by Crippen LogP contribution is -2.43. The number of nitrogens with zero attached hydrogens (tertiary/aromatic N) is 5. The number of halogens is 5. The first-order valence-corrected chi connectivity index (χ1v) is 15.0. The Morgan fingerprint density at radius 2 is 1.98 bits per heavy atom. The summed E-state index contributed by atoms with van der Waals surface area (Å²) >= 11 is 0. The van der Waals surface area contributed by atoms with Crippen molar-refractivity contribution in [2.75, 3.05) is 36.8 Å². The van der Waals surface area contributed by atoms with Crippen molar-refractivity contribution in [1.29, 1.82) is 0 Å². The smallest absolute Gasteiger partial charge is 0.319 e. The maximum Gasteiger partial charge on any atom is 0.319 e. The molecule has 0 bridgehead atoms. The topological polar surface area (TPSA) is 80.4 Å². The fourth-order valence-electron chi connectivity index (χ4n) is 7.65. The van der Waals surface area contributed by atoms with Crippen molar-refractivity contribution in [3.8, 4) is 29.6 Å². The van der Waals surface area contributed by atoms with Crippen LogP contribution in [0.1, 0.15) is 40.4 Å². The van der Waals surface area contributed by atoms with Crippen molar-refractivity contribution in [3.63, 3.8) is 0 Å². The molecule has 4 fully saturated rings. The number of nitrogen functional groups attached to an aromatic ring is 1. The van der Waals surface area contributed by atoms with Crippen LogP contribution in [0.3, 0.4) is 0 Å². The second kappa shape index (κ2) is 10.1. The average molecular weight is 623 g/mol. The van der Waals surface area contributed by atoms with Crippen LogP contribution in [0, 0.1) is 35.7 Å². The lowest BCUT2D eigenvalue weighted by atomic mass is 9.95. The molecule has 232 valence electrons. The van der Waals surface area contributed by atoms with Gasteiger partial charge in [0.2, 0.25) is 0 Å². The van der Waals surface area contributed by atoms with Gasteiger partial charge in [0.05, 0.1) is 25.3 Å². The van der Waals surface area contributed by atoms with E-state index in [-0.39, 0.29) is 63.3 Å². The first-order chi connectivity index (χ1) is 22.4. The van der Waals surface area contributed by atoms with Gasteiger partial charge in [-0.25, -0.2) is 22.0 Å². The minimum Gasteiger partial charge on any atom is -0.461 e. The molecule has 2 aromatic heterocycles. The summed E-state index contributed by atoms with van der Waals surface area (Å²) in [6.07, 6.45) is 6.76. The van der Waals surface area contributed by atoms with E-state index in [2.05, 4.69) is 20.9 Å². The van der Waals surface area contributed by atoms with Gasteiger partial charge in [-0.3, -0.25) is 9.88 Å². The Balaban J connectivity index is 1.33. The van der Waals surface area contributed by atoms with Crippen LogP contribution >= 0.6 is 0 Å². The number of fused-ring (bicyclic) bond motifs is 4. The fourth-order valence-corrected chi connectivity index (χ4v) is 7.65. The van der Waals surface area contributed by atoms with Crippen molar-refractivity contribution >= 4 is 33.2 Å². The Kier molecular flexibility index (Phi) is 5.86. The number of rotatable bonds is 5. The molecule has 45 heavy (non-hydrogen) atoms. The Bertz CT molecular complexity index is 2030. The van der Waals surface area contributed by atoms with Crippen molar-refractivity contribution in [2.24, 2.45) is 5.92 Å². The van der Waals surface area contributed by atoms with E-state index in [1.807, 2.05) is 0 Å². The highest BCUT2D eigenvalue weighted by Gasteiger charge is 2.57. The van der Waals surface area contributed by atoms with Gasteiger partial charge < -0.3 is 15.4 Å². The van der Waals surface area contributed by atoms with E-state index in [1.54, 1.807) is 9.80 Å². The lowest BCUT2D eigenvalue weighted by molar-refractivity contribution is 0.107. The summed E-state index contributed by atoms with van der Waals surface area (Å²) in [7, 11) is 0.